The van der Waals surface area contributed by atoms with Crippen molar-refractivity contribution in [2.24, 2.45) is 0 Å². The van der Waals surface area contributed by atoms with Crippen molar-refractivity contribution in [1.29, 1.82) is 0 Å². The first-order valence-electron chi connectivity index (χ1n) is 5.32. The van der Waals surface area contributed by atoms with Gasteiger partial charge in [-0.15, -0.1) is 0 Å². The summed E-state index contributed by atoms with van der Waals surface area (Å²) in [4.78, 5) is 0. The number of hydrogen-bond acceptors (Lipinski definition) is 2. The zero-order valence-electron chi connectivity index (χ0n) is 9.37. The predicted octanol–water partition coefficient (Wildman–Crippen LogP) is 3.64. The summed E-state index contributed by atoms with van der Waals surface area (Å²) in [6.45, 7) is 11.4. The van der Waals surface area contributed by atoms with Gasteiger partial charge in [-0.25, -0.2) is 0 Å². The quantitative estimate of drug-likeness (QED) is 0.526. The van der Waals surface area contributed by atoms with Gasteiger partial charge in [-0.1, -0.05) is 39.8 Å². The Kier molecular flexibility index (Phi) is 8.10. The lowest BCUT2D eigenvalue weighted by atomic mass is 10.0. The molecule has 0 aromatic rings. The molecule has 14 heavy (non-hydrogen) atoms. The van der Waals surface area contributed by atoms with Crippen molar-refractivity contribution in [2.45, 2.75) is 51.7 Å². The molecule has 0 aliphatic carbocycles. The van der Waals surface area contributed by atoms with Gasteiger partial charge in [0.2, 0.25) is 0 Å². The van der Waals surface area contributed by atoms with Crippen molar-refractivity contribution in [3.8, 4) is 0 Å². The summed E-state index contributed by atoms with van der Waals surface area (Å²) in [5.74, 6) is 0. The molecule has 82 valence electrons. The Morgan fingerprint density at radius 1 is 0.929 bits per heavy atom. The zero-order valence-corrected chi connectivity index (χ0v) is 9.37. The van der Waals surface area contributed by atoms with Gasteiger partial charge in [0.15, 0.2) is 0 Å². The third kappa shape index (κ3) is 4.95. The van der Waals surface area contributed by atoms with E-state index in [1.54, 1.807) is 0 Å². The second-order valence-corrected chi connectivity index (χ2v) is 3.26. The van der Waals surface area contributed by atoms with Crippen LogP contribution in [0.15, 0.2) is 25.7 Å². The second-order valence-electron chi connectivity index (χ2n) is 3.26. The lowest BCUT2D eigenvalue weighted by Crippen LogP contribution is -2.29. The number of hydrogen-bond donors (Lipinski definition) is 0. The van der Waals surface area contributed by atoms with E-state index in [0.29, 0.717) is 0 Å². The molecule has 0 aliphatic heterocycles. The van der Waals surface area contributed by atoms with Crippen molar-refractivity contribution < 1.29 is 9.47 Å². The molecule has 0 aromatic carbocycles. The summed E-state index contributed by atoms with van der Waals surface area (Å²) < 4.78 is 10.9. The molecule has 2 nitrogen and oxygen atoms in total. The molecule has 0 radical (unpaired) electrons. The van der Waals surface area contributed by atoms with E-state index in [0.717, 1.165) is 25.7 Å². The molecule has 2 atom stereocenters. The van der Waals surface area contributed by atoms with Crippen LogP contribution in [0.1, 0.15) is 39.5 Å². The van der Waals surface area contributed by atoms with Crippen LogP contribution >= 0.6 is 0 Å². The summed E-state index contributed by atoms with van der Waals surface area (Å²) >= 11 is 0. The smallest absolute Gasteiger partial charge is 0.134 e. The van der Waals surface area contributed by atoms with E-state index in [9.17, 15) is 0 Å². The lowest BCUT2D eigenvalue weighted by molar-refractivity contribution is -0.00921. The van der Waals surface area contributed by atoms with Gasteiger partial charge in [-0.05, 0) is 12.8 Å². The third-order valence-electron chi connectivity index (χ3n) is 2.10. The van der Waals surface area contributed by atoms with Crippen molar-refractivity contribution in [3.63, 3.8) is 0 Å². The highest BCUT2D eigenvalue weighted by molar-refractivity contribution is 4.75. The van der Waals surface area contributed by atoms with E-state index >= 15 is 0 Å². The Bertz CT molecular complexity index is 136. The fourth-order valence-corrected chi connectivity index (χ4v) is 1.50. The molecular formula is C12H22O2. The van der Waals surface area contributed by atoms with Crippen LogP contribution in [-0.4, -0.2) is 12.2 Å². The van der Waals surface area contributed by atoms with Crippen molar-refractivity contribution >= 4 is 0 Å². The van der Waals surface area contributed by atoms with Gasteiger partial charge in [0.25, 0.3) is 0 Å². The summed E-state index contributed by atoms with van der Waals surface area (Å²) in [6, 6.07) is 0. The van der Waals surface area contributed by atoms with Crippen LogP contribution in [0.5, 0.6) is 0 Å². The van der Waals surface area contributed by atoms with E-state index in [1.165, 1.54) is 12.5 Å². The van der Waals surface area contributed by atoms with E-state index < -0.39 is 0 Å². The molecule has 0 saturated heterocycles. The van der Waals surface area contributed by atoms with Crippen molar-refractivity contribution in [1.82, 2.24) is 0 Å². The molecular weight excluding hydrogens is 176 g/mol. The zero-order chi connectivity index (χ0) is 10.8. The Balaban J connectivity index is 4.19. The molecule has 0 N–H and O–H groups in total. The summed E-state index contributed by atoms with van der Waals surface area (Å²) in [5.41, 5.74) is 0. The van der Waals surface area contributed by atoms with Crippen LogP contribution in [0.25, 0.3) is 0 Å². The van der Waals surface area contributed by atoms with Gasteiger partial charge < -0.3 is 9.47 Å². The molecule has 0 heterocycles. The van der Waals surface area contributed by atoms with Crippen LogP contribution in [0.3, 0.4) is 0 Å². The topological polar surface area (TPSA) is 18.5 Å². The van der Waals surface area contributed by atoms with Crippen LogP contribution in [0.2, 0.25) is 0 Å². The van der Waals surface area contributed by atoms with Gasteiger partial charge in [-0.2, -0.15) is 0 Å². The van der Waals surface area contributed by atoms with E-state index in [1.807, 2.05) is 0 Å². The normalized spacial score (nSPS) is 14.1. The average Bonchev–Trinajstić information content (AvgIpc) is 2.17. The lowest BCUT2D eigenvalue weighted by Gasteiger charge is -2.25. The fourth-order valence-electron chi connectivity index (χ4n) is 1.50. The van der Waals surface area contributed by atoms with Crippen LogP contribution in [0.4, 0.5) is 0 Å². The van der Waals surface area contributed by atoms with E-state index in [-0.39, 0.29) is 12.2 Å². The molecule has 0 spiro atoms. The SMILES string of the molecule is C=COC(CCC)C(CCC)OC=C. The minimum atomic E-state index is 0.107. The second kappa shape index (κ2) is 8.67. The van der Waals surface area contributed by atoms with Gasteiger partial charge in [0.1, 0.15) is 12.2 Å². The summed E-state index contributed by atoms with van der Waals surface area (Å²) in [5, 5.41) is 0. The maximum absolute atomic E-state index is 5.44. The Morgan fingerprint density at radius 2 is 1.29 bits per heavy atom. The molecule has 0 amide bonds. The highest BCUT2D eigenvalue weighted by Crippen LogP contribution is 2.16. The van der Waals surface area contributed by atoms with Gasteiger partial charge in [-0.3, -0.25) is 0 Å². The van der Waals surface area contributed by atoms with Gasteiger partial charge >= 0.3 is 0 Å². The minimum Gasteiger partial charge on any atom is -0.495 e. The molecule has 0 saturated carbocycles. The number of rotatable bonds is 9. The minimum absolute atomic E-state index is 0.107. The van der Waals surface area contributed by atoms with Gasteiger partial charge in [0, 0.05) is 0 Å². The first kappa shape index (κ1) is 13.1. The molecule has 2 heteroatoms. The highest BCUT2D eigenvalue weighted by atomic mass is 16.5. The summed E-state index contributed by atoms with van der Waals surface area (Å²) in [7, 11) is 0. The molecule has 0 rings (SSSR count). The molecule has 0 bridgehead atoms. The fraction of sp³-hybridized carbons (Fsp3) is 0.667. The van der Waals surface area contributed by atoms with Crippen LogP contribution in [0, 0.1) is 0 Å². The molecule has 0 fully saturated rings. The Morgan fingerprint density at radius 3 is 1.50 bits per heavy atom. The maximum Gasteiger partial charge on any atom is 0.134 e. The molecule has 0 aliphatic rings. The van der Waals surface area contributed by atoms with Crippen molar-refractivity contribution in [2.75, 3.05) is 0 Å². The standard InChI is InChI=1S/C12H22O2/c1-5-9-11(13-7-3)12(10-6-2)14-8-4/h7-8,11-12H,3-6,9-10H2,1-2H3. The maximum atomic E-state index is 5.44. The van der Waals surface area contributed by atoms with Crippen LogP contribution in [-0.2, 0) is 9.47 Å². The largest absolute Gasteiger partial charge is 0.495 e. The Hall–Kier alpha value is -0.920. The van der Waals surface area contributed by atoms with Crippen LogP contribution < -0.4 is 0 Å². The summed E-state index contributed by atoms with van der Waals surface area (Å²) in [6.07, 6.45) is 7.35. The van der Waals surface area contributed by atoms with E-state index in [2.05, 4.69) is 27.0 Å². The van der Waals surface area contributed by atoms with E-state index in [4.69, 9.17) is 9.47 Å². The average molecular weight is 198 g/mol. The monoisotopic (exact) mass is 198 g/mol. The number of ether oxygens (including phenoxy) is 2. The first-order valence-corrected chi connectivity index (χ1v) is 5.32. The Labute approximate surface area is 87.6 Å². The van der Waals surface area contributed by atoms with Crippen molar-refractivity contribution in [3.05, 3.63) is 25.7 Å². The molecule has 0 aromatic heterocycles. The third-order valence-corrected chi connectivity index (χ3v) is 2.10. The van der Waals surface area contributed by atoms with Gasteiger partial charge in [0.05, 0.1) is 12.5 Å². The molecule has 2 unspecified atom stereocenters. The predicted molar refractivity (Wildman–Crippen MR) is 60.0 cm³/mol. The highest BCUT2D eigenvalue weighted by Gasteiger charge is 2.20. The first-order chi connectivity index (χ1) is 6.79.